The Hall–Kier alpha value is -1.38. The Labute approximate surface area is 83.8 Å². The van der Waals surface area contributed by atoms with Crippen LogP contribution in [0.1, 0.15) is 23.9 Å². The number of hydrogen-bond acceptors (Lipinski definition) is 2. The second-order valence-electron chi connectivity index (χ2n) is 3.75. The molecule has 0 saturated carbocycles. The third-order valence-corrected chi connectivity index (χ3v) is 2.63. The van der Waals surface area contributed by atoms with Gasteiger partial charge in [0.15, 0.2) is 0 Å². The molecule has 1 aliphatic heterocycles. The Kier molecular flexibility index (Phi) is 2.23. The van der Waals surface area contributed by atoms with E-state index in [1.54, 1.807) is 6.92 Å². The van der Waals surface area contributed by atoms with E-state index >= 15 is 0 Å². The lowest BCUT2D eigenvalue weighted by atomic mass is 10.1. The van der Waals surface area contributed by atoms with Crippen molar-refractivity contribution in [2.24, 2.45) is 0 Å². The van der Waals surface area contributed by atoms with Gasteiger partial charge in [-0.2, -0.15) is 0 Å². The van der Waals surface area contributed by atoms with Gasteiger partial charge in [-0.3, -0.25) is 9.78 Å². The van der Waals surface area contributed by atoms with Crippen LogP contribution in [0.2, 0.25) is 0 Å². The Morgan fingerprint density at radius 2 is 2.29 bits per heavy atom. The number of pyridine rings is 1. The highest BCUT2D eigenvalue weighted by molar-refractivity contribution is 5.73. The number of aryl methyl sites for hydroxylation is 1. The van der Waals surface area contributed by atoms with Gasteiger partial charge in [0.2, 0.25) is 5.91 Å². The fourth-order valence-electron chi connectivity index (χ4n) is 1.79. The second-order valence-corrected chi connectivity index (χ2v) is 3.75. The average molecular weight is 190 g/mol. The van der Waals surface area contributed by atoms with Crippen molar-refractivity contribution in [2.45, 2.75) is 26.8 Å². The van der Waals surface area contributed by atoms with Crippen LogP contribution in [0.15, 0.2) is 12.1 Å². The lowest BCUT2D eigenvalue weighted by Gasteiger charge is -2.27. The van der Waals surface area contributed by atoms with E-state index in [9.17, 15) is 4.79 Å². The Bertz CT molecular complexity index is 374. The molecule has 2 heterocycles. The molecule has 0 N–H and O–H groups in total. The summed E-state index contributed by atoms with van der Waals surface area (Å²) in [5.74, 6) is 0.149. The van der Waals surface area contributed by atoms with Gasteiger partial charge in [0.25, 0.3) is 0 Å². The van der Waals surface area contributed by atoms with Crippen LogP contribution >= 0.6 is 0 Å². The number of carbonyl (C=O) groups excluding carboxylic acids is 1. The van der Waals surface area contributed by atoms with Gasteiger partial charge < -0.3 is 4.90 Å². The second kappa shape index (κ2) is 3.40. The summed E-state index contributed by atoms with van der Waals surface area (Å²) in [5, 5.41) is 0. The third kappa shape index (κ3) is 1.62. The summed E-state index contributed by atoms with van der Waals surface area (Å²) < 4.78 is 0. The van der Waals surface area contributed by atoms with Crippen LogP contribution < -0.4 is 0 Å². The predicted molar refractivity (Wildman–Crippen MR) is 53.8 cm³/mol. The zero-order valence-electron chi connectivity index (χ0n) is 8.58. The van der Waals surface area contributed by atoms with Crippen molar-refractivity contribution in [3.63, 3.8) is 0 Å². The molecule has 74 valence electrons. The molecule has 14 heavy (non-hydrogen) atoms. The molecule has 0 bridgehead atoms. The van der Waals surface area contributed by atoms with Gasteiger partial charge in [-0.15, -0.1) is 0 Å². The lowest BCUT2D eigenvalue weighted by molar-refractivity contribution is -0.129. The largest absolute Gasteiger partial charge is 0.338 e. The van der Waals surface area contributed by atoms with Gasteiger partial charge in [0, 0.05) is 37.8 Å². The molecule has 1 aromatic rings. The number of hydrogen-bond donors (Lipinski definition) is 0. The third-order valence-electron chi connectivity index (χ3n) is 2.63. The van der Waals surface area contributed by atoms with Gasteiger partial charge in [-0.05, 0) is 18.6 Å². The maximum atomic E-state index is 11.2. The quantitative estimate of drug-likeness (QED) is 0.617. The lowest BCUT2D eigenvalue weighted by Crippen LogP contribution is -2.34. The van der Waals surface area contributed by atoms with E-state index in [0.29, 0.717) is 0 Å². The Balaban J connectivity index is 2.27. The van der Waals surface area contributed by atoms with Crippen LogP contribution in [-0.4, -0.2) is 22.3 Å². The molecule has 1 amide bonds. The maximum Gasteiger partial charge on any atom is 0.219 e. The number of nitrogens with zero attached hydrogens (tertiary/aromatic N) is 2. The van der Waals surface area contributed by atoms with Crippen molar-refractivity contribution in [3.05, 3.63) is 29.1 Å². The Morgan fingerprint density at radius 3 is 3.00 bits per heavy atom. The van der Waals surface area contributed by atoms with E-state index in [4.69, 9.17) is 0 Å². The van der Waals surface area contributed by atoms with Crippen LogP contribution in [0, 0.1) is 6.92 Å². The van der Waals surface area contributed by atoms with E-state index < -0.39 is 0 Å². The van der Waals surface area contributed by atoms with Gasteiger partial charge in [-0.1, -0.05) is 6.07 Å². The van der Waals surface area contributed by atoms with Crippen LogP contribution in [0.5, 0.6) is 0 Å². The fourth-order valence-corrected chi connectivity index (χ4v) is 1.79. The zero-order chi connectivity index (χ0) is 10.1. The van der Waals surface area contributed by atoms with Gasteiger partial charge in [0.05, 0.1) is 0 Å². The molecule has 3 nitrogen and oxygen atoms in total. The van der Waals surface area contributed by atoms with E-state index in [1.165, 1.54) is 5.56 Å². The van der Waals surface area contributed by atoms with E-state index in [-0.39, 0.29) is 5.91 Å². The van der Waals surface area contributed by atoms with Crippen LogP contribution in [-0.2, 0) is 17.8 Å². The summed E-state index contributed by atoms with van der Waals surface area (Å²) in [5.41, 5.74) is 3.40. The van der Waals surface area contributed by atoms with Crippen LogP contribution in [0.3, 0.4) is 0 Å². The molecule has 0 atom stereocenters. The van der Waals surface area contributed by atoms with Crippen molar-refractivity contribution in [1.29, 1.82) is 0 Å². The molecule has 0 saturated heterocycles. The van der Waals surface area contributed by atoms with Gasteiger partial charge in [0.1, 0.15) is 0 Å². The fraction of sp³-hybridized carbons (Fsp3) is 0.455. The van der Waals surface area contributed by atoms with Crippen molar-refractivity contribution >= 4 is 5.91 Å². The number of carbonyl (C=O) groups is 1. The first-order valence-corrected chi connectivity index (χ1v) is 4.88. The molecular weight excluding hydrogens is 176 g/mol. The molecule has 0 aliphatic carbocycles. The minimum atomic E-state index is 0.149. The van der Waals surface area contributed by atoms with E-state index in [0.717, 1.165) is 30.9 Å². The predicted octanol–water partition coefficient (Wildman–Crippen LogP) is 1.29. The molecule has 0 aromatic carbocycles. The summed E-state index contributed by atoms with van der Waals surface area (Å²) >= 11 is 0. The maximum absolute atomic E-state index is 11.2. The Morgan fingerprint density at radius 1 is 1.50 bits per heavy atom. The first kappa shape index (κ1) is 9.19. The molecule has 0 spiro atoms. The van der Waals surface area contributed by atoms with Crippen molar-refractivity contribution in [2.75, 3.05) is 6.54 Å². The number of fused-ring (bicyclic) bond motifs is 1. The monoisotopic (exact) mass is 190 g/mol. The zero-order valence-corrected chi connectivity index (χ0v) is 8.58. The van der Waals surface area contributed by atoms with Gasteiger partial charge >= 0.3 is 0 Å². The molecule has 0 fully saturated rings. The summed E-state index contributed by atoms with van der Waals surface area (Å²) in [6.45, 7) is 5.14. The molecule has 0 radical (unpaired) electrons. The molecular formula is C11H14N2O. The molecule has 0 unspecified atom stereocenters. The highest BCUT2D eigenvalue weighted by atomic mass is 16.2. The van der Waals surface area contributed by atoms with Crippen molar-refractivity contribution < 1.29 is 4.79 Å². The molecule has 2 rings (SSSR count). The molecule has 1 aliphatic rings. The standard InChI is InChI=1S/C11H14N2O/c1-8-3-4-10-7-13(9(2)14)6-5-11(10)12-8/h3-4H,5-7H2,1-2H3. The minimum Gasteiger partial charge on any atom is -0.338 e. The van der Waals surface area contributed by atoms with Crippen LogP contribution in [0.4, 0.5) is 0 Å². The van der Waals surface area contributed by atoms with E-state index in [2.05, 4.69) is 11.1 Å². The summed E-state index contributed by atoms with van der Waals surface area (Å²) in [7, 11) is 0. The first-order valence-electron chi connectivity index (χ1n) is 4.88. The minimum absolute atomic E-state index is 0.149. The molecule has 1 aromatic heterocycles. The number of rotatable bonds is 0. The first-order chi connectivity index (χ1) is 6.66. The summed E-state index contributed by atoms with van der Waals surface area (Å²) in [6.07, 6.45) is 0.886. The SMILES string of the molecule is CC(=O)N1CCc2nc(C)ccc2C1. The topological polar surface area (TPSA) is 33.2 Å². The van der Waals surface area contributed by atoms with E-state index in [1.807, 2.05) is 17.9 Å². The number of aromatic nitrogens is 1. The normalized spacial score (nSPS) is 15.1. The van der Waals surface area contributed by atoms with Crippen LogP contribution in [0.25, 0.3) is 0 Å². The molecule has 3 heteroatoms. The number of amides is 1. The van der Waals surface area contributed by atoms with Crippen molar-refractivity contribution in [3.8, 4) is 0 Å². The van der Waals surface area contributed by atoms with Gasteiger partial charge in [-0.25, -0.2) is 0 Å². The average Bonchev–Trinajstić information content (AvgIpc) is 2.16. The summed E-state index contributed by atoms with van der Waals surface area (Å²) in [6, 6.07) is 4.08. The smallest absolute Gasteiger partial charge is 0.219 e. The van der Waals surface area contributed by atoms with Crippen molar-refractivity contribution in [1.82, 2.24) is 9.88 Å². The summed E-state index contributed by atoms with van der Waals surface area (Å²) in [4.78, 5) is 17.5. The highest BCUT2D eigenvalue weighted by Gasteiger charge is 2.18. The highest BCUT2D eigenvalue weighted by Crippen LogP contribution is 2.17.